The molecular formula is C10H11BrF2N2O. The molecule has 0 heterocycles. The fourth-order valence-corrected chi connectivity index (χ4v) is 1.44. The van der Waals surface area contributed by atoms with Crippen molar-refractivity contribution in [1.82, 2.24) is 5.32 Å². The molecule has 3 nitrogen and oxygen atoms in total. The van der Waals surface area contributed by atoms with Crippen LogP contribution in [0.3, 0.4) is 0 Å². The van der Waals surface area contributed by atoms with E-state index in [0.29, 0.717) is 5.69 Å². The van der Waals surface area contributed by atoms with Gasteiger partial charge in [0, 0.05) is 4.47 Å². The molecule has 16 heavy (non-hydrogen) atoms. The van der Waals surface area contributed by atoms with Gasteiger partial charge in [-0.2, -0.15) is 0 Å². The minimum atomic E-state index is -2.45. The van der Waals surface area contributed by atoms with Gasteiger partial charge in [-0.05, 0) is 28.1 Å². The largest absolute Gasteiger partial charge is 0.324 e. The van der Waals surface area contributed by atoms with E-state index in [2.05, 4.69) is 26.6 Å². The summed E-state index contributed by atoms with van der Waals surface area (Å²) in [7, 11) is 0. The molecule has 0 saturated heterocycles. The summed E-state index contributed by atoms with van der Waals surface area (Å²) in [5.41, 5.74) is 0.617. The Labute approximate surface area is 100 Å². The maximum atomic E-state index is 11.8. The number of nitrogens with one attached hydrogen (secondary N) is 2. The van der Waals surface area contributed by atoms with Gasteiger partial charge in [-0.15, -0.1) is 0 Å². The lowest BCUT2D eigenvalue weighted by Gasteiger charge is -2.07. The van der Waals surface area contributed by atoms with Gasteiger partial charge in [0.15, 0.2) is 0 Å². The molecule has 0 aromatic heterocycles. The Morgan fingerprint density at radius 3 is 2.69 bits per heavy atom. The molecule has 0 unspecified atom stereocenters. The number of halogens is 3. The van der Waals surface area contributed by atoms with E-state index in [9.17, 15) is 13.6 Å². The molecule has 0 saturated carbocycles. The van der Waals surface area contributed by atoms with E-state index >= 15 is 0 Å². The maximum Gasteiger partial charge on any atom is 0.250 e. The van der Waals surface area contributed by atoms with Gasteiger partial charge < -0.3 is 10.6 Å². The van der Waals surface area contributed by atoms with Crippen LogP contribution in [-0.2, 0) is 4.79 Å². The average molecular weight is 293 g/mol. The zero-order chi connectivity index (χ0) is 12.0. The molecule has 1 aromatic carbocycles. The Hall–Kier alpha value is -1.01. The van der Waals surface area contributed by atoms with Gasteiger partial charge in [0.25, 0.3) is 6.43 Å². The highest BCUT2D eigenvalue weighted by Gasteiger charge is 2.06. The Balaban J connectivity index is 2.37. The molecule has 6 heteroatoms. The van der Waals surface area contributed by atoms with Crippen LogP contribution in [-0.4, -0.2) is 25.4 Å². The first-order valence-electron chi connectivity index (χ1n) is 4.63. The number of amides is 1. The van der Waals surface area contributed by atoms with Crippen molar-refractivity contribution in [2.45, 2.75) is 6.43 Å². The molecule has 1 rings (SSSR count). The average Bonchev–Trinajstić information content (AvgIpc) is 2.21. The Bertz CT molecular complexity index is 360. The van der Waals surface area contributed by atoms with Gasteiger partial charge in [0.05, 0.1) is 18.8 Å². The van der Waals surface area contributed by atoms with Crippen molar-refractivity contribution in [2.75, 3.05) is 18.4 Å². The molecule has 0 aliphatic heterocycles. The highest BCUT2D eigenvalue weighted by Crippen LogP contribution is 2.20. The van der Waals surface area contributed by atoms with E-state index in [1.807, 2.05) is 6.07 Å². The molecule has 88 valence electrons. The second kappa shape index (κ2) is 6.55. The van der Waals surface area contributed by atoms with Crippen molar-refractivity contribution in [2.24, 2.45) is 0 Å². The van der Waals surface area contributed by atoms with Crippen molar-refractivity contribution in [3.05, 3.63) is 28.7 Å². The minimum absolute atomic E-state index is 0.133. The summed E-state index contributed by atoms with van der Waals surface area (Å²) in [6.45, 7) is -0.616. The van der Waals surface area contributed by atoms with Crippen LogP contribution in [0.5, 0.6) is 0 Å². The first kappa shape index (κ1) is 13.1. The van der Waals surface area contributed by atoms with Gasteiger partial charge in [-0.3, -0.25) is 4.79 Å². The highest BCUT2D eigenvalue weighted by molar-refractivity contribution is 9.10. The summed E-state index contributed by atoms with van der Waals surface area (Å²) in [6, 6.07) is 7.08. The van der Waals surface area contributed by atoms with Crippen LogP contribution in [0.2, 0.25) is 0 Å². The monoisotopic (exact) mass is 292 g/mol. The number of para-hydroxylation sites is 1. The first-order chi connectivity index (χ1) is 7.59. The zero-order valence-electron chi connectivity index (χ0n) is 8.34. The number of hydrogen-bond donors (Lipinski definition) is 2. The van der Waals surface area contributed by atoms with Gasteiger partial charge in [-0.1, -0.05) is 12.1 Å². The quantitative estimate of drug-likeness (QED) is 0.874. The van der Waals surface area contributed by atoms with Crippen LogP contribution in [0.1, 0.15) is 0 Å². The van der Waals surface area contributed by atoms with E-state index in [0.717, 1.165) is 4.47 Å². The summed E-state index contributed by atoms with van der Waals surface area (Å²) in [6.07, 6.45) is -2.45. The third kappa shape index (κ3) is 4.67. The fraction of sp³-hybridized carbons (Fsp3) is 0.300. The van der Waals surface area contributed by atoms with Crippen LogP contribution in [0.25, 0.3) is 0 Å². The predicted octanol–water partition coefficient (Wildman–Crippen LogP) is 2.24. The van der Waals surface area contributed by atoms with Crippen LogP contribution in [0, 0.1) is 0 Å². The molecule has 0 spiro atoms. The molecule has 1 aromatic rings. The van der Waals surface area contributed by atoms with Crippen LogP contribution < -0.4 is 10.6 Å². The van der Waals surface area contributed by atoms with E-state index in [1.54, 1.807) is 18.2 Å². The maximum absolute atomic E-state index is 11.8. The second-order valence-corrected chi connectivity index (χ2v) is 3.90. The minimum Gasteiger partial charge on any atom is -0.324 e. The molecular weight excluding hydrogens is 282 g/mol. The molecule has 0 aliphatic rings. The normalized spacial score (nSPS) is 10.5. The highest BCUT2D eigenvalue weighted by atomic mass is 79.9. The lowest BCUT2D eigenvalue weighted by atomic mass is 10.3. The van der Waals surface area contributed by atoms with Crippen LogP contribution in [0.4, 0.5) is 14.5 Å². The Morgan fingerprint density at radius 1 is 1.38 bits per heavy atom. The summed E-state index contributed by atoms with van der Waals surface area (Å²) in [5, 5.41) is 4.94. The number of benzene rings is 1. The summed E-state index contributed by atoms with van der Waals surface area (Å²) >= 11 is 3.26. The Morgan fingerprint density at radius 2 is 2.06 bits per heavy atom. The smallest absolute Gasteiger partial charge is 0.250 e. The number of alkyl halides is 2. The fourth-order valence-electron chi connectivity index (χ4n) is 1.05. The summed E-state index contributed by atoms with van der Waals surface area (Å²) in [5.74, 6) is -0.354. The number of carbonyl (C=O) groups excluding carboxylic acids is 1. The zero-order valence-corrected chi connectivity index (χ0v) is 9.93. The SMILES string of the molecule is O=C(CNCC(F)F)Nc1ccccc1Br. The molecule has 0 aliphatic carbocycles. The number of rotatable bonds is 5. The molecule has 0 radical (unpaired) electrons. The second-order valence-electron chi connectivity index (χ2n) is 3.05. The van der Waals surface area contributed by atoms with Crippen LogP contribution in [0.15, 0.2) is 28.7 Å². The van der Waals surface area contributed by atoms with Gasteiger partial charge in [-0.25, -0.2) is 8.78 Å². The molecule has 1 amide bonds. The van der Waals surface area contributed by atoms with Crippen LogP contribution >= 0.6 is 15.9 Å². The van der Waals surface area contributed by atoms with Gasteiger partial charge in [0.1, 0.15) is 0 Å². The van der Waals surface area contributed by atoms with Crippen molar-refractivity contribution in [3.8, 4) is 0 Å². The first-order valence-corrected chi connectivity index (χ1v) is 5.42. The molecule has 0 bridgehead atoms. The van der Waals surface area contributed by atoms with E-state index in [-0.39, 0.29) is 12.5 Å². The lowest BCUT2D eigenvalue weighted by molar-refractivity contribution is -0.115. The van der Waals surface area contributed by atoms with Gasteiger partial charge in [0.2, 0.25) is 5.91 Å². The van der Waals surface area contributed by atoms with Gasteiger partial charge >= 0.3 is 0 Å². The number of anilines is 1. The standard InChI is InChI=1S/C10H11BrF2N2O/c11-7-3-1-2-4-8(7)15-10(16)6-14-5-9(12)13/h1-4,9,14H,5-6H2,(H,15,16). The Kier molecular flexibility index (Phi) is 5.34. The summed E-state index contributed by atoms with van der Waals surface area (Å²) < 4.78 is 24.3. The molecule has 0 fully saturated rings. The van der Waals surface area contributed by atoms with Crippen molar-refractivity contribution in [1.29, 1.82) is 0 Å². The molecule has 2 N–H and O–H groups in total. The topological polar surface area (TPSA) is 41.1 Å². The van der Waals surface area contributed by atoms with Crippen molar-refractivity contribution < 1.29 is 13.6 Å². The van der Waals surface area contributed by atoms with E-state index < -0.39 is 13.0 Å². The third-order valence-corrected chi connectivity index (χ3v) is 2.42. The van der Waals surface area contributed by atoms with E-state index in [4.69, 9.17) is 0 Å². The predicted molar refractivity (Wildman–Crippen MR) is 61.6 cm³/mol. The summed E-state index contributed by atoms with van der Waals surface area (Å²) in [4.78, 5) is 11.3. The lowest BCUT2D eigenvalue weighted by Crippen LogP contribution is -2.31. The molecule has 0 atom stereocenters. The van der Waals surface area contributed by atoms with Crippen molar-refractivity contribution >= 4 is 27.5 Å². The number of carbonyl (C=O) groups is 1. The third-order valence-electron chi connectivity index (χ3n) is 1.73. The van der Waals surface area contributed by atoms with E-state index in [1.165, 1.54) is 0 Å². The number of hydrogen-bond acceptors (Lipinski definition) is 2. The van der Waals surface area contributed by atoms with Crippen molar-refractivity contribution in [3.63, 3.8) is 0 Å².